The van der Waals surface area contributed by atoms with Crippen LogP contribution in [0.3, 0.4) is 0 Å². The van der Waals surface area contributed by atoms with Gasteiger partial charge in [0.25, 0.3) is 0 Å². The second kappa shape index (κ2) is 13.3. The molecule has 2 aromatic carbocycles. The number of halogens is 3. The van der Waals surface area contributed by atoms with Gasteiger partial charge in [0.05, 0.1) is 23.1 Å². The molecule has 234 valence electrons. The van der Waals surface area contributed by atoms with Gasteiger partial charge in [-0.3, -0.25) is 9.48 Å². The van der Waals surface area contributed by atoms with Crippen LogP contribution >= 0.6 is 0 Å². The molecule has 1 fully saturated rings. The van der Waals surface area contributed by atoms with E-state index < -0.39 is 17.7 Å². The number of fused-ring (bicyclic) bond motifs is 1. The maximum atomic E-state index is 13.7. The maximum Gasteiger partial charge on any atom is 0.416 e. The molecule has 1 heterocycles. The van der Waals surface area contributed by atoms with E-state index in [1.54, 1.807) is 18.1 Å². The number of anilines is 2. The molecule has 5 rings (SSSR count). The van der Waals surface area contributed by atoms with Crippen molar-refractivity contribution in [1.29, 1.82) is 5.26 Å². The van der Waals surface area contributed by atoms with E-state index in [9.17, 15) is 28.3 Å². The van der Waals surface area contributed by atoms with Crippen molar-refractivity contribution in [2.45, 2.75) is 77.6 Å². The topological polar surface area (TPSA) is 98.3 Å². The number of aliphatic carboxylic acids is 1. The van der Waals surface area contributed by atoms with Crippen LogP contribution < -0.4 is 9.80 Å². The molecule has 0 bridgehead atoms. The van der Waals surface area contributed by atoms with E-state index >= 15 is 0 Å². The second-order valence-corrected chi connectivity index (χ2v) is 12.2. The molecule has 0 unspecified atom stereocenters. The van der Waals surface area contributed by atoms with Crippen LogP contribution in [0.4, 0.5) is 24.8 Å². The molecule has 3 aromatic rings. The largest absolute Gasteiger partial charge is 0.481 e. The van der Waals surface area contributed by atoms with Crippen LogP contribution in [-0.2, 0) is 43.9 Å². The Balaban J connectivity index is 1.49. The third kappa shape index (κ3) is 7.34. The molecular formula is C33H39F3N6O2. The Morgan fingerprint density at radius 2 is 1.75 bits per heavy atom. The fourth-order valence-corrected chi connectivity index (χ4v) is 6.65. The van der Waals surface area contributed by atoms with Gasteiger partial charge in [0, 0.05) is 38.9 Å². The Morgan fingerprint density at radius 1 is 1.05 bits per heavy atom. The molecule has 11 heteroatoms. The molecule has 1 saturated carbocycles. The van der Waals surface area contributed by atoms with E-state index in [-0.39, 0.29) is 18.0 Å². The highest BCUT2D eigenvalue weighted by molar-refractivity contribution is 5.70. The lowest BCUT2D eigenvalue weighted by atomic mass is 9.81. The highest BCUT2D eigenvalue weighted by Crippen LogP contribution is 2.36. The van der Waals surface area contributed by atoms with Gasteiger partial charge in [-0.25, -0.2) is 4.98 Å². The summed E-state index contributed by atoms with van der Waals surface area (Å²) in [6.45, 7) is 4.16. The Kier molecular flexibility index (Phi) is 9.47. The van der Waals surface area contributed by atoms with Crippen molar-refractivity contribution in [3.63, 3.8) is 0 Å². The van der Waals surface area contributed by atoms with Crippen LogP contribution in [0.5, 0.6) is 0 Å². The molecule has 2 aliphatic carbocycles. The number of carboxylic acid groups (broad SMARTS) is 1. The molecule has 0 radical (unpaired) electrons. The Bertz CT molecular complexity index is 1520. The number of aromatic nitrogens is 3. The van der Waals surface area contributed by atoms with Crippen molar-refractivity contribution in [2.75, 3.05) is 22.9 Å². The number of carbonyl (C=O) groups is 1. The predicted octanol–water partition coefficient (Wildman–Crippen LogP) is 6.51. The number of aryl methyl sites for hydroxylation is 3. The van der Waals surface area contributed by atoms with Crippen molar-refractivity contribution >= 4 is 17.6 Å². The van der Waals surface area contributed by atoms with E-state index in [0.717, 1.165) is 75.0 Å². The van der Waals surface area contributed by atoms with Gasteiger partial charge in [-0.05, 0) is 111 Å². The summed E-state index contributed by atoms with van der Waals surface area (Å²) in [5, 5.41) is 23.4. The predicted molar refractivity (Wildman–Crippen MR) is 161 cm³/mol. The smallest absolute Gasteiger partial charge is 0.416 e. The average Bonchev–Trinajstić information content (AvgIpc) is 3.45. The van der Waals surface area contributed by atoms with Gasteiger partial charge >= 0.3 is 12.1 Å². The van der Waals surface area contributed by atoms with Crippen LogP contribution in [0.2, 0.25) is 0 Å². The van der Waals surface area contributed by atoms with Crippen LogP contribution in [0.15, 0.2) is 36.7 Å². The number of nitrogens with zero attached hydrogens (tertiary/aromatic N) is 6. The SMILES string of the molecule is CCN(CC1CCC(C(=O)O)CC1)c1cc2c(cc1CN(Cc1cc(C#N)cc(C(F)(F)F)c1)c1ncn(C)n1)CCCC2. The minimum absolute atomic E-state index is 0.0481. The summed E-state index contributed by atoms with van der Waals surface area (Å²) in [4.78, 5) is 20.2. The molecule has 0 amide bonds. The van der Waals surface area contributed by atoms with E-state index in [1.165, 1.54) is 17.2 Å². The van der Waals surface area contributed by atoms with Gasteiger partial charge in [0.15, 0.2) is 0 Å². The maximum absolute atomic E-state index is 13.7. The van der Waals surface area contributed by atoms with Crippen LogP contribution in [0.1, 0.15) is 78.8 Å². The summed E-state index contributed by atoms with van der Waals surface area (Å²) in [6.07, 6.45) is 4.35. The summed E-state index contributed by atoms with van der Waals surface area (Å²) in [6, 6.07) is 9.86. The molecule has 1 aromatic heterocycles. The Morgan fingerprint density at radius 3 is 2.34 bits per heavy atom. The van der Waals surface area contributed by atoms with Crippen molar-refractivity contribution in [3.8, 4) is 6.07 Å². The first-order valence-corrected chi connectivity index (χ1v) is 15.4. The Labute approximate surface area is 256 Å². The van der Waals surface area contributed by atoms with E-state index in [2.05, 4.69) is 34.0 Å². The number of hydrogen-bond acceptors (Lipinski definition) is 6. The van der Waals surface area contributed by atoms with Crippen LogP contribution in [0, 0.1) is 23.2 Å². The number of carboxylic acids is 1. The standard InChI is InChI=1S/C33H39F3N6O2/c1-3-41(18-22-8-10-25(11-9-22)31(43)44)30-16-27-7-5-4-6-26(27)15-28(30)20-42(32-38-21-40(2)39-32)19-24-12-23(17-37)13-29(14-24)33(34,35)36/h12-16,21-22,25H,3-11,18-20H2,1-2H3,(H,43,44). The van der Waals surface area contributed by atoms with Gasteiger partial charge in [0.1, 0.15) is 6.33 Å². The number of benzene rings is 2. The third-order valence-electron chi connectivity index (χ3n) is 8.99. The third-order valence-corrected chi connectivity index (χ3v) is 8.99. The average molecular weight is 609 g/mol. The fourth-order valence-electron chi connectivity index (χ4n) is 6.65. The molecule has 2 aliphatic rings. The number of rotatable bonds is 10. The first-order chi connectivity index (χ1) is 21.0. The van der Waals surface area contributed by atoms with Crippen molar-refractivity contribution in [3.05, 3.63) is 70.0 Å². The first-order valence-electron chi connectivity index (χ1n) is 15.4. The summed E-state index contributed by atoms with van der Waals surface area (Å²) >= 11 is 0. The lowest BCUT2D eigenvalue weighted by Gasteiger charge is -2.35. The van der Waals surface area contributed by atoms with E-state index in [1.807, 2.05) is 11.0 Å². The fraction of sp³-hybridized carbons (Fsp3) is 0.515. The molecule has 44 heavy (non-hydrogen) atoms. The molecular weight excluding hydrogens is 569 g/mol. The van der Waals surface area contributed by atoms with Gasteiger partial charge in [-0.15, -0.1) is 5.10 Å². The summed E-state index contributed by atoms with van der Waals surface area (Å²) in [5.41, 5.74) is 4.22. The van der Waals surface area contributed by atoms with Gasteiger partial charge in [-0.2, -0.15) is 18.4 Å². The molecule has 8 nitrogen and oxygen atoms in total. The first kappa shape index (κ1) is 31.4. The zero-order valence-electron chi connectivity index (χ0n) is 25.3. The second-order valence-electron chi connectivity index (χ2n) is 12.2. The molecule has 0 saturated heterocycles. The Hall–Kier alpha value is -4.07. The summed E-state index contributed by atoms with van der Waals surface area (Å²) in [5.74, 6) is -0.198. The van der Waals surface area contributed by atoms with Crippen LogP contribution in [-0.4, -0.2) is 38.9 Å². The summed E-state index contributed by atoms with van der Waals surface area (Å²) < 4.78 is 42.7. The lowest BCUT2D eigenvalue weighted by molar-refractivity contribution is -0.143. The van der Waals surface area contributed by atoms with Crippen LogP contribution in [0.25, 0.3) is 0 Å². The normalized spacial score (nSPS) is 18.4. The molecule has 0 spiro atoms. The highest BCUT2D eigenvalue weighted by Gasteiger charge is 2.32. The van der Waals surface area contributed by atoms with E-state index in [4.69, 9.17) is 0 Å². The van der Waals surface area contributed by atoms with Crippen molar-refractivity contribution < 1.29 is 23.1 Å². The number of alkyl halides is 3. The minimum Gasteiger partial charge on any atom is -0.481 e. The summed E-state index contributed by atoms with van der Waals surface area (Å²) in [7, 11) is 1.75. The lowest BCUT2D eigenvalue weighted by Crippen LogP contribution is -2.34. The van der Waals surface area contributed by atoms with Crippen molar-refractivity contribution in [2.24, 2.45) is 18.9 Å². The zero-order valence-corrected chi connectivity index (χ0v) is 25.3. The quantitative estimate of drug-likeness (QED) is 0.280. The van der Waals surface area contributed by atoms with Gasteiger partial charge in [0.2, 0.25) is 5.95 Å². The zero-order chi connectivity index (χ0) is 31.4. The van der Waals surface area contributed by atoms with E-state index in [0.29, 0.717) is 36.8 Å². The van der Waals surface area contributed by atoms with Gasteiger partial charge in [-0.1, -0.05) is 6.07 Å². The van der Waals surface area contributed by atoms with Gasteiger partial charge < -0.3 is 14.9 Å². The molecule has 1 N–H and O–H groups in total. The van der Waals surface area contributed by atoms with Crippen molar-refractivity contribution in [1.82, 2.24) is 14.8 Å². The molecule has 0 aliphatic heterocycles. The minimum atomic E-state index is -4.58. The number of hydrogen-bond donors (Lipinski definition) is 1. The molecule has 0 atom stereocenters. The highest BCUT2D eigenvalue weighted by atomic mass is 19.4. The number of nitriles is 1. The monoisotopic (exact) mass is 608 g/mol.